The van der Waals surface area contributed by atoms with Crippen molar-refractivity contribution in [2.45, 2.75) is 19.8 Å². The maximum atomic E-state index is 12.0. The standard InChI is InChI=1S/C19H18N2O3/c1-12(2)16-11-19(23)21-17-10-13(5-7-15(16)17)20-18(22)8-6-14-4-3-9-24-14/h3-12H,1-2H3,(H,20,22)(H,21,23)/b8-6+. The maximum absolute atomic E-state index is 12.0. The van der Waals surface area contributed by atoms with Gasteiger partial charge in [-0.3, -0.25) is 9.59 Å². The summed E-state index contributed by atoms with van der Waals surface area (Å²) < 4.78 is 5.13. The van der Waals surface area contributed by atoms with Crippen molar-refractivity contribution in [1.29, 1.82) is 0 Å². The first kappa shape index (κ1) is 15.8. The van der Waals surface area contributed by atoms with Gasteiger partial charge in [0.2, 0.25) is 11.5 Å². The molecule has 2 aromatic heterocycles. The van der Waals surface area contributed by atoms with Crippen LogP contribution in [0.2, 0.25) is 0 Å². The zero-order valence-electron chi connectivity index (χ0n) is 13.5. The van der Waals surface area contributed by atoms with Crippen molar-refractivity contribution < 1.29 is 9.21 Å². The number of nitrogens with one attached hydrogen (secondary N) is 2. The van der Waals surface area contributed by atoms with E-state index in [2.05, 4.69) is 10.3 Å². The first-order chi connectivity index (χ1) is 11.5. The molecule has 0 unspecified atom stereocenters. The summed E-state index contributed by atoms with van der Waals surface area (Å²) in [6, 6.07) is 10.6. The Balaban J connectivity index is 1.85. The summed E-state index contributed by atoms with van der Waals surface area (Å²) in [6.45, 7) is 4.09. The highest BCUT2D eigenvalue weighted by Crippen LogP contribution is 2.24. The van der Waals surface area contributed by atoms with Crippen molar-refractivity contribution in [2.75, 3.05) is 5.32 Å². The molecule has 0 aliphatic rings. The molecule has 3 aromatic rings. The fraction of sp³-hybridized carbons (Fsp3) is 0.158. The number of furan rings is 1. The number of fused-ring (bicyclic) bond motifs is 1. The van der Waals surface area contributed by atoms with Crippen molar-refractivity contribution in [1.82, 2.24) is 4.98 Å². The van der Waals surface area contributed by atoms with Crippen LogP contribution in [0.4, 0.5) is 5.69 Å². The SMILES string of the molecule is CC(C)c1cc(=O)[nH]c2cc(NC(=O)/C=C/c3ccco3)ccc12. The highest BCUT2D eigenvalue weighted by Gasteiger charge is 2.08. The summed E-state index contributed by atoms with van der Waals surface area (Å²) in [6.07, 6.45) is 4.54. The molecule has 0 spiro atoms. The molecule has 0 aliphatic heterocycles. The number of rotatable bonds is 4. The molecule has 0 radical (unpaired) electrons. The minimum Gasteiger partial charge on any atom is -0.465 e. The summed E-state index contributed by atoms with van der Waals surface area (Å²) in [5.74, 6) is 0.578. The van der Waals surface area contributed by atoms with Gasteiger partial charge < -0.3 is 14.7 Å². The second-order valence-corrected chi connectivity index (χ2v) is 5.84. The Hall–Kier alpha value is -3.08. The van der Waals surface area contributed by atoms with Crippen LogP contribution in [0.5, 0.6) is 0 Å². The summed E-state index contributed by atoms with van der Waals surface area (Å²) in [4.78, 5) is 26.6. The molecule has 0 saturated carbocycles. The molecule has 0 bridgehead atoms. The van der Waals surface area contributed by atoms with Crippen LogP contribution in [0.15, 0.2) is 57.9 Å². The molecule has 2 N–H and O–H groups in total. The zero-order valence-corrected chi connectivity index (χ0v) is 13.5. The van der Waals surface area contributed by atoms with Crippen molar-refractivity contribution in [3.8, 4) is 0 Å². The van der Waals surface area contributed by atoms with E-state index in [9.17, 15) is 9.59 Å². The summed E-state index contributed by atoms with van der Waals surface area (Å²) >= 11 is 0. The van der Waals surface area contributed by atoms with Crippen LogP contribution in [0.1, 0.15) is 31.1 Å². The van der Waals surface area contributed by atoms with Crippen molar-refractivity contribution in [3.63, 3.8) is 0 Å². The number of carbonyl (C=O) groups excluding carboxylic acids is 1. The number of anilines is 1. The van der Waals surface area contributed by atoms with Gasteiger partial charge in [0, 0.05) is 23.2 Å². The van der Waals surface area contributed by atoms with E-state index in [4.69, 9.17) is 4.42 Å². The summed E-state index contributed by atoms with van der Waals surface area (Å²) in [5, 5.41) is 3.76. The third kappa shape index (κ3) is 3.46. The second kappa shape index (κ2) is 6.58. The molecule has 0 atom stereocenters. The first-order valence-electron chi connectivity index (χ1n) is 7.72. The Labute approximate surface area is 139 Å². The van der Waals surface area contributed by atoms with Crippen LogP contribution in [-0.2, 0) is 4.79 Å². The molecule has 0 aliphatic carbocycles. The van der Waals surface area contributed by atoms with E-state index in [1.807, 2.05) is 26.0 Å². The average Bonchev–Trinajstić information content (AvgIpc) is 3.05. The Morgan fingerprint density at radius 1 is 1.25 bits per heavy atom. The Morgan fingerprint density at radius 2 is 2.08 bits per heavy atom. The number of benzene rings is 1. The highest BCUT2D eigenvalue weighted by molar-refractivity contribution is 6.02. The molecular formula is C19H18N2O3. The van der Waals surface area contributed by atoms with E-state index in [1.165, 1.54) is 6.08 Å². The van der Waals surface area contributed by atoms with Gasteiger partial charge in [-0.05, 0) is 41.8 Å². The van der Waals surface area contributed by atoms with Crippen molar-refractivity contribution in [2.24, 2.45) is 0 Å². The van der Waals surface area contributed by atoms with E-state index < -0.39 is 0 Å². The maximum Gasteiger partial charge on any atom is 0.248 e. The Bertz CT molecular complexity index is 950. The van der Waals surface area contributed by atoms with Gasteiger partial charge in [0.1, 0.15) is 5.76 Å². The number of pyridine rings is 1. The lowest BCUT2D eigenvalue weighted by Gasteiger charge is -2.11. The molecule has 2 heterocycles. The smallest absolute Gasteiger partial charge is 0.248 e. The molecule has 0 saturated heterocycles. The van der Waals surface area contributed by atoms with Crippen molar-refractivity contribution >= 4 is 28.6 Å². The molecule has 3 rings (SSSR count). The van der Waals surface area contributed by atoms with E-state index in [1.54, 1.807) is 36.6 Å². The number of aromatic nitrogens is 1. The van der Waals surface area contributed by atoms with E-state index in [0.29, 0.717) is 17.0 Å². The monoisotopic (exact) mass is 322 g/mol. The lowest BCUT2D eigenvalue weighted by molar-refractivity contribution is -0.111. The van der Waals surface area contributed by atoms with Gasteiger partial charge in [-0.25, -0.2) is 0 Å². The number of aromatic amines is 1. The largest absolute Gasteiger partial charge is 0.465 e. The predicted octanol–water partition coefficient (Wildman–Crippen LogP) is 3.90. The summed E-state index contributed by atoms with van der Waals surface area (Å²) in [5.41, 5.74) is 2.17. The molecule has 122 valence electrons. The van der Waals surface area contributed by atoms with Crippen LogP contribution >= 0.6 is 0 Å². The fourth-order valence-electron chi connectivity index (χ4n) is 2.57. The van der Waals surface area contributed by atoms with Crippen LogP contribution < -0.4 is 10.9 Å². The van der Waals surface area contributed by atoms with Gasteiger partial charge in [0.25, 0.3) is 0 Å². The number of H-pyrrole nitrogens is 1. The highest BCUT2D eigenvalue weighted by atomic mass is 16.3. The van der Waals surface area contributed by atoms with E-state index in [0.717, 1.165) is 10.9 Å². The Kier molecular flexibility index (Phi) is 4.33. The lowest BCUT2D eigenvalue weighted by Crippen LogP contribution is -2.10. The Morgan fingerprint density at radius 3 is 2.79 bits per heavy atom. The van der Waals surface area contributed by atoms with Gasteiger partial charge in [-0.15, -0.1) is 0 Å². The van der Waals surface area contributed by atoms with Gasteiger partial charge in [-0.1, -0.05) is 19.9 Å². The first-order valence-corrected chi connectivity index (χ1v) is 7.72. The quantitative estimate of drug-likeness (QED) is 0.715. The second-order valence-electron chi connectivity index (χ2n) is 5.84. The summed E-state index contributed by atoms with van der Waals surface area (Å²) in [7, 11) is 0. The van der Waals surface area contributed by atoms with Gasteiger partial charge in [-0.2, -0.15) is 0 Å². The third-order valence-electron chi connectivity index (χ3n) is 3.71. The minimum absolute atomic E-state index is 0.146. The van der Waals surface area contributed by atoms with Crippen LogP contribution in [0, 0.1) is 0 Å². The van der Waals surface area contributed by atoms with E-state index in [-0.39, 0.29) is 17.4 Å². The molecule has 1 aromatic carbocycles. The minimum atomic E-state index is -0.270. The topological polar surface area (TPSA) is 75.1 Å². The van der Waals surface area contributed by atoms with Crippen LogP contribution in [-0.4, -0.2) is 10.9 Å². The number of amides is 1. The number of carbonyl (C=O) groups is 1. The zero-order chi connectivity index (χ0) is 17.1. The van der Waals surface area contributed by atoms with Gasteiger partial charge in [0.05, 0.1) is 11.8 Å². The third-order valence-corrected chi connectivity index (χ3v) is 3.71. The molecule has 5 nitrogen and oxygen atoms in total. The number of hydrogen-bond acceptors (Lipinski definition) is 3. The van der Waals surface area contributed by atoms with Crippen LogP contribution in [0.25, 0.3) is 17.0 Å². The van der Waals surface area contributed by atoms with Gasteiger partial charge >= 0.3 is 0 Å². The van der Waals surface area contributed by atoms with E-state index >= 15 is 0 Å². The fourth-order valence-corrected chi connectivity index (χ4v) is 2.57. The van der Waals surface area contributed by atoms with Gasteiger partial charge in [0.15, 0.2) is 0 Å². The number of hydrogen-bond donors (Lipinski definition) is 2. The molecule has 24 heavy (non-hydrogen) atoms. The predicted molar refractivity (Wildman–Crippen MR) is 95.0 cm³/mol. The van der Waals surface area contributed by atoms with Crippen molar-refractivity contribution in [3.05, 3.63) is 70.4 Å². The molecular weight excluding hydrogens is 304 g/mol. The molecule has 0 fully saturated rings. The lowest BCUT2D eigenvalue weighted by atomic mass is 9.99. The average molecular weight is 322 g/mol. The van der Waals surface area contributed by atoms with Crippen LogP contribution in [0.3, 0.4) is 0 Å². The molecule has 1 amide bonds. The molecule has 5 heteroatoms. The normalized spacial score (nSPS) is 11.5.